The van der Waals surface area contributed by atoms with Gasteiger partial charge < -0.3 is 20.6 Å². The van der Waals surface area contributed by atoms with Gasteiger partial charge in [0.25, 0.3) is 11.8 Å². The number of carbonyl (C=O) groups excluding carboxylic acids is 3. The van der Waals surface area contributed by atoms with Gasteiger partial charge >= 0.3 is 0 Å². The summed E-state index contributed by atoms with van der Waals surface area (Å²) in [6, 6.07) is 9.85. The van der Waals surface area contributed by atoms with E-state index in [0.717, 1.165) is 4.88 Å². The van der Waals surface area contributed by atoms with Crippen LogP contribution in [0.5, 0.6) is 5.75 Å². The molecule has 29 heavy (non-hydrogen) atoms. The first-order valence-electron chi connectivity index (χ1n) is 9.72. The van der Waals surface area contributed by atoms with Crippen molar-refractivity contribution in [2.75, 3.05) is 26.2 Å². The van der Waals surface area contributed by atoms with Crippen LogP contribution in [0.3, 0.4) is 0 Å². The zero-order chi connectivity index (χ0) is 20.6. The first kappa shape index (κ1) is 20.9. The van der Waals surface area contributed by atoms with Crippen molar-refractivity contribution in [1.82, 2.24) is 15.5 Å². The molecule has 0 saturated carbocycles. The molecule has 154 valence electrons. The lowest BCUT2D eigenvalue weighted by molar-refractivity contribution is -0.126. The Balaban J connectivity index is 1.31. The molecule has 1 saturated heterocycles. The van der Waals surface area contributed by atoms with E-state index < -0.39 is 0 Å². The van der Waals surface area contributed by atoms with Crippen LogP contribution in [-0.2, 0) is 4.79 Å². The van der Waals surface area contributed by atoms with Gasteiger partial charge in [0, 0.05) is 37.7 Å². The number of carbonyl (C=O) groups is 3. The highest BCUT2D eigenvalue weighted by molar-refractivity contribution is 7.12. The Morgan fingerprint density at radius 3 is 2.52 bits per heavy atom. The molecule has 1 aliphatic rings. The highest BCUT2D eigenvalue weighted by Gasteiger charge is 2.27. The number of phenols is 1. The van der Waals surface area contributed by atoms with E-state index in [1.54, 1.807) is 12.1 Å². The zero-order valence-corrected chi connectivity index (χ0v) is 16.9. The Kier molecular flexibility index (Phi) is 7.24. The summed E-state index contributed by atoms with van der Waals surface area (Å²) in [6.07, 6.45) is 1.94. The zero-order valence-electron chi connectivity index (χ0n) is 16.1. The van der Waals surface area contributed by atoms with Crippen molar-refractivity contribution < 1.29 is 19.5 Å². The minimum absolute atomic E-state index is 0.00697. The molecular weight excluding hydrogens is 390 g/mol. The Bertz CT molecular complexity index is 845. The Hall–Kier alpha value is -2.87. The van der Waals surface area contributed by atoms with Crippen LogP contribution < -0.4 is 10.6 Å². The molecule has 2 heterocycles. The quantitative estimate of drug-likeness (QED) is 0.604. The third kappa shape index (κ3) is 5.80. The molecule has 0 bridgehead atoms. The molecule has 3 amide bonds. The third-order valence-corrected chi connectivity index (χ3v) is 5.79. The number of nitrogens with zero attached hydrogens (tertiary/aromatic N) is 1. The number of hydrogen-bond acceptors (Lipinski definition) is 5. The average Bonchev–Trinajstić information content (AvgIpc) is 3.27. The maximum Gasteiger partial charge on any atom is 0.263 e. The standard InChI is InChI=1S/C21H25N3O4S/c25-17-5-1-4-16(14-17)20(27)23-10-3-9-22-19(26)15-7-11-24(12-8-15)21(28)18-6-2-13-29-18/h1-2,4-6,13-15,25H,3,7-12H2,(H,22,26)(H,23,27). The maximum atomic E-state index is 12.3. The molecule has 0 aliphatic carbocycles. The Labute approximate surface area is 173 Å². The van der Waals surface area contributed by atoms with Gasteiger partial charge in [0.2, 0.25) is 5.91 Å². The number of phenolic OH excluding ortho intramolecular Hbond substituents is 1. The number of thiophene rings is 1. The minimum atomic E-state index is -0.255. The molecule has 8 heteroatoms. The van der Waals surface area contributed by atoms with Crippen molar-refractivity contribution in [3.63, 3.8) is 0 Å². The lowest BCUT2D eigenvalue weighted by Crippen LogP contribution is -2.43. The van der Waals surface area contributed by atoms with Crippen molar-refractivity contribution in [2.45, 2.75) is 19.3 Å². The number of aromatic hydroxyl groups is 1. The number of piperidine rings is 1. The second-order valence-corrected chi connectivity index (χ2v) is 7.94. The summed E-state index contributed by atoms with van der Waals surface area (Å²) in [5.74, 6) is -0.235. The van der Waals surface area contributed by atoms with Crippen LogP contribution in [0, 0.1) is 5.92 Å². The maximum absolute atomic E-state index is 12.3. The van der Waals surface area contributed by atoms with Crippen LogP contribution >= 0.6 is 11.3 Å². The van der Waals surface area contributed by atoms with Gasteiger partial charge in [0.15, 0.2) is 0 Å². The molecule has 3 rings (SSSR count). The van der Waals surface area contributed by atoms with Crippen molar-refractivity contribution >= 4 is 29.1 Å². The molecular formula is C21H25N3O4S. The largest absolute Gasteiger partial charge is 0.508 e. The van der Waals surface area contributed by atoms with Gasteiger partial charge in [-0.1, -0.05) is 12.1 Å². The van der Waals surface area contributed by atoms with Gasteiger partial charge in [0.05, 0.1) is 4.88 Å². The number of amides is 3. The summed E-state index contributed by atoms with van der Waals surface area (Å²) in [6.45, 7) is 2.10. The number of rotatable bonds is 7. The van der Waals surface area contributed by atoms with Crippen LogP contribution in [0.15, 0.2) is 41.8 Å². The first-order valence-corrected chi connectivity index (χ1v) is 10.6. The summed E-state index contributed by atoms with van der Waals surface area (Å²) in [5.41, 5.74) is 0.401. The molecule has 7 nitrogen and oxygen atoms in total. The molecule has 2 aromatic rings. The van der Waals surface area contributed by atoms with Crippen LogP contribution in [0.4, 0.5) is 0 Å². The van der Waals surface area contributed by atoms with Gasteiger partial charge in [-0.3, -0.25) is 14.4 Å². The predicted molar refractivity (Wildman–Crippen MR) is 111 cm³/mol. The molecule has 0 spiro atoms. The number of likely N-dealkylation sites (tertiary alicyclic amines) is 1. The lowest BCUT2D eigenvalue weighted by atomic mass is 9.95. The van der Waals surface area contributed by atoms with Gasteiger partial charge in [-0.25, -0.2) is 0 Å². The molecule has 3 N–H and O–H groups in total. The van der Waals surface area contributed by atoms with Crippen molar-refractivity contribution in [1.29, 1.82) is 0 Å². The SMILES string of the molecule is O=C(NCCCNC(=O)C1CCN(C(=O)c2cccs2)CC1)c1cccc(O)c1. The van der Waals surface area contributed by atoms with Gasteiger partial charge in [-0.2, -0.15) is 0 Å². The van der Waals surface area contributed by atoms with Crippen molar-refractivity contribution in [2.24, 2.45) is 5.92 Å². The van der Waals surface area contributed by atoms with Gasteiger partial charge in [-0.15, -0.1) is 11.3 Å². The second-order valence-electron chi connectivity index (χ2n) is 6.99. The number of benzene rings is 1. The van der Waals surface area contributed by atoms with E-state index in [4.69, 9.17) is 0 Å². The van der Waals surface area contributed by atoms with Crippen LogP contribution in [0.25, 0.3) is 0 Å². The fraction of sp³-hybridized carbons (Fsp3) is 0.381. The van der Waals surface area contributed by atoms with Crippen LogP contribution in [0.1, 0.15) is 39.3 Å². The molecule has 1 aromatic carbocycles. The fourth-order valence-electron chi connectivity index (χ4n) is 3.30. The summed E-state index contributed by atoms with van der Waals surface area (Å²) in [7, 11) is 0. The molecule has 1 aromatic heterocycles. The highest BCUT2D eigenvalue weighted by Crippen LogP contribution is 2.21. The van der Waals surface area contributed by atoms with E-state index in [2.05, 4.69) is 10.6 Å². The normalized spacial score (nSPS) is 14.4. The van der Waals surface area contributed by atoms with Gasteiger partial charge in [-0.05, 0) is 48.9 Å². The molecule has 1 aliphatic heterocycles. The van der Waals surface area contributed by atoms with Gasteiger partial charge in [0.1, 0.15) is 5.75 Å². The summed E-state index contributed by atoms with van der Waals surface area (Å²) < 4.78 is 0. The van der Waals surface area contributed by atoms with Crippen molar-refractivity contribution in [3.8, 4) is 5.75 Å². The van der Waals surface area contributed by atoms with E-state index in [1.165, 1.54) is 23.5 Å². The number of hydrogen-bond donors (Lipinski definition) is 3. The van der Waals surface area contributed by atoms with E-state index in [0.29, 0.717) is 51.0 Å². The molecule has 0 radical (unpaired) electrons. The van der Waals surface area contributed by atoms with E-state index in [-0.39, 0.29) is 29.4 Å². The van der Waals surface area contributed by atoms with E-state index in [1.807, 2.05) is 22.4 Å². The first-order chi connectivity index (χ1) is 14.0. The van der Waals surface area contributed by atoms with E-state index >= 15 is 0 Å². The van der Waals surface area contributed by atoms with Crippen molar-refractivity contribution in [3.05, 3.63) is 52.2 Å². The third-order valence-electron chi connectivity index (χ3n) is 4.93. The summed E-state index contributed by atoms with van der Waals surface area (Å²) in [4.78, 5) is 39.2. The molecule has 0 atom stereocenters. The van der Waals surface area contributed by atoms with E-state index in [9.17, 15) is 19.5 Å². The lowest BCUT2D eigenvalue weighted by Gasteiger charge is -2.31. The fourth-order valence-corrected chi connectivity index (χ4v) is 3.99. The number of nitrogens with one attached hydrogen (secondary N) is 2. The highest BCUT2D eigenvalue weighted by atomic mass is 32.1. The monoisotopic (exact) mass is 415 g/mol. The second kappa shape index (κ2) is 10.1. The Morgan fingerprint density at radius 2 is 1.83 bits per heavy atom. The summed E-state index contributed by atoms with van der Waals surface area (Å²) >= 11 is 1.44. The smallest absolute Gasteiger partial charge is 0.263 e. The molecule has 1 fully saturated rings. The van der Waals surface area contributed by atoms with Crippen LogP contribution in [-0.4, -0.2) is 53.9 Å². The topological polar surface area (TPSA) is 98.7 Å². The molecule has 0 unspecified atom stereocenters. The summed E-state index contributed by atoms with van der Waals surface area (Å²) in [5, 5.41) is 17.0. The Morgan fingerprint density at radius 1 is 1.07 bits per heavy atom. The minimum Gasteiger partial charge on any atom is -0.508 e. The predicted octanol–water partition coefficient (Wildman–Crippen LogP) is 2.24. The average molecular weight is 416 g/mol. The van der Waals surface area contributed by atoms with Crippen LogP contribution in [0.2, 0.25) is 0 Å².